The third-order valence-corrected chi connectivity index (χ3v) is 6.00. The maximum absolute atomic E-state index is 12.2. The molecule has 8 nitrogen and oxygen atoms in total. The van der Waals surface area contributed by atoms with Crippen LogP contribution in [0.15, 0.2) is 9.59 Å². The molecule has 2 aromatic rings. The van der Waals surface area contributed by atoms with Crippen molar-refractivity contribution in [2.24, 2.45) is 5.92 Å². The van der Waals surface area contributed by atoms with Crippen LogP contribution in [0.3, 0.4) is 0 Å². The molecule has 1 saturated heterocycles. The highest BCUT2D eigenvalue weighted by Crippen LogP contribution is 2.42. The standard InChI is InChI=1S/C12H14N4O4S2/c13-11-14-8-7(9(18)15-11)22-12(19)16(8)5-3-21-10(20-5)6(17)4-1-2-4/h4-6,10,17H,1-3H2,(H3,13,14,15,18)/t5-,6+,10+/m1/s1. The van der Waals surface area contributed by atoms with Gasteiger partial charge in [-0.25, -0.2) is 0 Å². The van der Waals surface area contributed by atoms with Crippen LogP contribution in [-0.4, -0.2) is 36.9 Å². The average molecular weight is 342 g/mol. The number of nitrogens with one attached hydrogen (secondary N) is 1. The second kappa shape index (κ2) is 5.08. The molecule has 0 radical (unpaired) electrons. The van der Waals surface area contributed by atoms with E-state index in [1.165, 1.54) is 16.3 Å². The largest absolute Gasteiger partial charge is 0.389 e. The Labute approximate surface area is 132 Å². The number of aliphatic hydroxyl groups excluding tert-OH is 1. The van der Waals surface area contributed by atoms with Crippen LogP contribution in [-0.2, 0) is 4.74 Å². The van der Waals surface area contributed by atoms with Gasteiger partial charge in [-0.15, -0.1) is 11.8 Å². The first kappa shape index (κ1) is 14.2. The summed E-state index contributed by atoms with van der Waals surface area (Å²) >= 11 is 2.30. The average Bonchev–Trinajstić information content (AvgIpc) is 3.11. The molecule has 0 unspecified atom stereocenters. The first-order valence-corrected chi connectivity index (χ1v) is 8.77. The Kier molecular flexibility index (Phi) is 3.29. The number of fused-ring (bicyclic) bond motifs is 1. The van der Waals surface area contributed by atoms with Crippen molar-refractivity contribution in [1.82, 2.24) is 14.5 Å². The molecule has 0 amide bonds. The summed E-state index contributed by atoms with van der Waals surface area (Å²) in [6.45, 7) is 0. The van der Waals surface area contributed by atoms with Crippen LogP contribution < -0.4 is 16.2 Å². The molecule has 2 aromatic heterocycles. The fourth-order valence-electron chi connectivity index (χ4n) is 2.58. The number of anilines is 1. The SMILES string of the molecule is Nc1nc2c(sc(=O)n2[C@H]2CS[C@@H]([C@@H](O)C3CC3)O2)c(=O)[nH]1. The van der Waals surface area contributed by atoms with Crippen molar-refractivity contribution in [3.8, 4) is 0 Å². The number of nitrogens with two attached hydrogens (primary N) is 1. The number of H-pyrrole nitrogens is 1. The van der Waals surface area contributed by atoms with Crippen molar-refractivity contribution < 1.29 is 9.84 Å². The normalized spacial score (nSPS) is 26.6. The van der Waals surface area contributed by atoms with Gasteiger partial charge in [0.1, 0.15) is 16.4 Å². The minimum absolute atomic E-state index is 0.0377. The number of nitrogens with zero attached hydrogens (tertiary/aromatic N) is 2. The lowest BCUT2D eigenvalue weighted by Crippen LogP contribution is -2.28. The van der Waals surface area contributed by atoms with Gasteiger partial charge in [0.05, 0.1) is 6.10 Å². The Hall–Kier alpha value is -1.36. The summed E-state index contributed by atoms with van der Waals surface area (Å²) in [7, 11) is 0. The number of aliphatic hydroxyl groups is 1. The zero-order chi connectivity index (χ0) is 15.4. The molecule has 4 N–H and O–H groups in total. The van der Waals surface area contributed by atoms with E-state index in [1.54, 1.807) is 0 Å². The molecule has 1 aliphatic carbocycles. The van der Waals surface area contributed by atoms with Crippen molar-refractivity contribution in [1.29, 1.82) is 0 Å². The molecule has 0 spiro atoms. The van der Waals surface area contributed by atoms with Gasteiger partial charge >= 0.3 is 4.87 Å². The molecule has 2 aliphatic rings. The van der Waals surface area contributed by atoms with Gasteiger partial charge in [0.2, 0.25) is 5.95 Å². The van der Waals surface area contributed by atoms with Crippen LogP contribution in [0.1, 0.15) is 19.1 Å². The van der Waals surface area contributed by atoms with Crippen LogP contribution in [0.5, 0.6) is 0 Å². The Balaban J connectivity index is 1.71. The van der Waals surface area contributed by atoms with E-state index in [2.05, 4.69) is 9.97 Å². The molecule has 1 aliphatic heterocycles. The molecule has 22 heavy (non-hydrogen) atoms. The van der Waals surface area contributed by atoms with E-state index in [0.29, 0.717) is 11.7 Å². The Bertz CT molecular complexity index is 840. The molecule has 3 atom stereocenters. The van der Waals surface area contributed by atoms with Gasteiger partial charge in [-0.2, -0.15) is 4.98 Å². The number of thiazole rings is 1. The van der Waals surface area contributed by atoms with Crippen LogP contribution in [0, 0.1) is 5.92 Å². The highest BCUT2D eigenvalue weighted by atomic mass is 32.2. The first-order chi connectivity index (χ1) is 10.5. The second-order valence-corrected chi connectivity index (χ2v) is 7.56. The highest BCUT2D eigenvalue weighted by molar-refractivity contribution is 8.00. The number of ether oxygens (including phenoxy) is 1. The number of aromatic nitrogens is 3. The lowest BCUT2D eigenvalue weighted by Gasteiger charge is -2.18. The van der Waals surface area contributed by atoms with E-state index in [0.717, 1.165) is 24.2 Å². The smallest absolute Gasteiger partial charge is 0.311 e. The summed E-state index contributed by atoms with van der Waals surface area (Å²) in [6, 6.07) is 0. The van der Waals surface area contributed by atoms with Gasteiger partial charge < -0.3 is 15.6 Å². The van der Waals surface area contributed by atoms with Gasteiger partial charge in [0, 0.05) is 5.75 Å². The van der Waals surface area contributed by atoms with Crippen LogP contribution >= 0.6 is 23.1 Å². The fraction of sp³-hybridized carbons (Fsp3) is 0.583. The van der Waals surface area contributed by atoms with E-state index in [-0.39, 0.29) is 26.6 Å². The predicted octanol–water partition coefficient (Wildman–Crippen LogP) is 0.0875. The summed E-state index contributed by atoms with van der Waals surface area (Å²) in [5, 5.41) is 10.2. The fourth-order valence-corrected chi connectivity index (χ4v) is 4.65. The summed E-state index contributed by atoms with van der Waals surface area (Å²) in [6.07, 6.45) is 0.970. The lowest BCUT2D eigenvalue weighted by atomic mass is 10.2. The van der Waals surface area contributed by atoms with Crippen molar-refractivity contribution in [3.05, 3.63) is 20.0 Å². The molecular formula is C12H14N4O4S2. The summed E-state index contributed by atoms with van der Waals surface area (Å²) < 4.78 is 7.42. The summed E-state index contributed by atoms with van der Waals surface area (Å²) in [4.78, 5) is 30.2. The Morgan fingerprint density at radius 1 is 1.45 bits per heavy atom. The third kappa shape index (κ3) is 2.26. The minimum atomic E-state index is -0.543. The molecule has 4 rings (SSSR count). The van der Waals surface area contributed by atoms with Gasteiger partial charge in [0.25, 0.3) is 5.56 Å². The molecular weight excluding hydrogens is 328 g/mol. The maximum atomic E-state index is 12.2. The predicted molar refractivity (Wildman–Crippen MR) is 84.0 cm³/mol. The highest BCUT2D eigenvalue weighted by Gasteiger charge is 2.41. The van der Waals surface area contributed by atoms with Gasteiger partial charge in [-0.05, 0) is 18.8 Å². The third-order valence-electron chi connectivity index (χ3n) is 3.86. The van der Waals surface area contributed by atoms with Crippen molar-refractivity contribution in [3.63, 3.8) is 0 Å². The monoisotopic (exact) mass is 342 g/mol. The molecule has 3 heterocycles. The van der Waals surface area contributed by atoms with E-state index in [1.807, 2.05) is 0 Å². The number of hydrogen-bond acceptors (Lipinski definition) is 8. The van der Waals surface area contributed by atoms with E-state index in [9.17, 15) is 14.7 Å². The van der Waals surface area contributed by atoms with Crippen molar-refractivity contribution in [2.75, 3.05) is 11.5 Å². The van der Waals surface area contributed by atoms with Crippen LogP contribution in [0.2, 0.25) is 0 Å². The van der Waals surface area contributed by atoms with Gasteiger partial charge in [0.15, 0.2) is 5.65 Å². The van der Waals surface area contributed by atoms with E-state index < -0.39 is 17.9 Å². The number of rotatable bonds is 3. The number of nitrogen functional groups attached to an aromatic ring is 1. The first-order valence-electron chi connectivity index (χ1n) is 6.90. The Morgan fingerprint density at radius 2 is 2.23 bits per heavy atom. The van der Waals surface area contributed by atoms with Crippen LogP contribution in [0.25, 0.3) is 10.3 Å². The molecule has 10 heteroatoms. The number of thioether (sulfide) groups is 1. The van der Waals surface area contributed by atoms with Crippen molar-refractivity contribution >= 4 is 39.4 Å². The van der Waals surface area contributed by atoms with E-state index in [4.69, 9.17) is 10.5 Å². The number of aromatic amines is 1. The summed E-state index contributed by atoms with van der Waals surface area (Å²) in [5.74, 6) is 0.780. The zero-order valence-electron chi connectivity index (χ0n) is 11.4. The Morgan fingerprint density at radius 3 is 2.95 bits per heavy atom. The van der Waals surface area contributed by atoms with Crippen molar-refractivity contribution in [2.45, 2.75) is 30.6 Å². The van der Waals surface area contributed by atoms with Gasteiger partial charge in [-0.3, -0.25) is 19.1 Å². The van der Waals surface area contributed by atoms with E-state index >= 15 is 0 Å². The topological polar surface area (TPSA) is 123 Å². The second-order valence-electron chi connectivity index (χ2n) is 5.46. The molecule has 1 saturated carbocycles. The van der Waals surface area contributed by atoms with Crippen LogP contribution in [0.4, 0.5) is 5.95 Å². The zero-order valence-corrected chi connectivity index (χ0v) is 13.0. The summed E-state index contributed by atoms with van der Waals surface area (Å²) in [5.41, 5.74) is 5.03. The minimum Gasteiger partial charge on any atom is -0.389 e. The molecule has 0 bridgehead atoms. The lowest BCUT2D eigenvalue weighted by molar-refractivity contribution is -0.0440. The maximum Gasteiger partial charge on any atom is 0.311 e. The quantitative estimate of drug-likeness (QED) is 0.722. The molecule has 2 fully saturated rings. The molecule has 118 valence electrons. The van der Waals surface area contributed by atoms with Gasteiger partial charge in [-0.1, -0.05) is 11.3 Å². The molecule has 0 aromatic carbocycles. The number of hydrogen-bond donors (Lipinski definition) is 3.